The Kier molecular flexibility index (Phi) is 4.75. The number of fused-ring (bicyclic) bond motifs is 1. The van der Waals surface area contributed by atoms with Gasteiger partial charge in [-0.15, -0.1) is 0 Å². The van der Waals surface area contributed by atoms with Crippen LogP contribution in [0.1, 0.15) is 47.9 Å². The minimum absolute atomic E-state index is 0.122. The van der Waals surface area contributed by atoms with Crippen LogP contribution in [0.2, 0.25) is 0 Å². The van der Waals surface area contributed by atoms with E-state index in [2.05, 4.69) is 0 Å². The van der Waals surface area contributed by atoms with Gasteiger partial charge in [0.2, 0.25) is 0 Å². The van der Waals surface area contributed by atoms with E-state index in [9.17, 15) is 14.4 Å². The number of rotatable bonds is 3. The molecule has 2 aromatic rings. The molecule has 0 saturated heterocycles. The van der Waals surface area contributed by atoms with Crippen molar-refractivity contribution in [2.24, 2.45) is 0 Å². The van der Waals surface area contributed by atoms with Gasteiger partial charge in [0.15, 0.2) is 5.78 Å². The molecule has 2 aromatic carbocycles. The Morgan fingerprint density at radius 2 is 1.69 bits per heavy atom. The predicted molar refractivity (Wildman–Crippen MR) is 92.6 cm³/mol. The first kappa shape index (κ1) is 17.7. The van der Waals surface area contributed by atoms with Gasteiger partial charge in [0.25, 0.3) is 0 Å². The lowest BCUT2D eigenvalue weighted by Crippen LogP contribution is -2.22. The first-order chi connectivity index (χ1) is 12.3. The summed E-state index contributed by atoms with van der Waals surface area (Å²) in [6, 6.07) is 10.2. The molecule has 0 fully saturated rings. The Labute approximate surface area is 150 Å². The molecule has 1 atom stereocenters. The summed E-state index contributed by atoms with van der Waals surface area (Å²) in [5, 5.41) is 0. The van der Waals surface area contributed by atoms with Gasteiger partial charge in [-0.1, -0.05) is 12.1 Å². The number of ketones is 1. The molecule has 0 saturated carbocycles. The molecule has 0 N–H and O–H groups in total. The van der Waals surface area contributed by atoms with E-state index in [-0.39, 0.29) is 18.0 Å². The molecular weight excluding hydrogens is 336 g/mol. The van der Waals surface area contributed by atoms with Crippen LogP contribution >= 0.6 is 0 Å². The standard InChI is InChI=1S/C20H18O6/c1-11-8-18(25-13(3)22)20-16(23)10-17(26-19(20)9-11)14-4-6-15(7-5-14)24-12(2)21/h4-9,17H,10H2,1-3H3. The maximum atomic E-state index is 12.7. The van der Waals surface area contributed by atoms with Gasteiger partial charge in [-0.2, -0.15) is 0 Å². The number of aryl methyl sites for hydroxylation is 1. The number of carbonyl (C=O) groups excluding carboxylic acids is 3. The van der Waals surface area contributed by atoms with Crippen molar-refractivity contribution in [1.29, 1.82) is 0 Å². The molecule has 1 heterocycles. The molecule has 26 heavy (non-hydrogen) atoms. The van der Waals surface area contributed by atoms with E-state index in [0.717, 1.165) is 11.1 Å². The fourth-order valence-corrected chi connectivity index (χ4v) is 2.89. The number of hydrogen-bond donors (Lipinski definition) is 0. The summed E-state index contributed by atoms with van der Waals surface area (Å²) in [7, 11) is 0. The lowest BCUT2D eigenvalue weighted by Gasteiger charge is -2.27. The quantitative estimate of drug-likeness (QED) is 0.619. The molecule has 0 amide bonds. The average Bonchev–Trinajstić information content (AvgIpc) is 2.53. The van der Waals surface area contributed by atoms with E-state index in [1.54, 1.807) is 36.4 Å². The van der Waals surface area contributed by atoms with Crippen molar-refractivity contribution < 1.29 is 28.6 Å². The molecule has 6 nitrogen and oxygen atoms in total. The lowest BCUT2D eigenvalue weighted by molar-refractivity contribution is -0.132. The largest absolute Gasteiger partial charge is 0.484 e. The number of carbonyl (C=O) groups is 3. The van der Waals surface area contributed by atoms with E-state index >= 15 is 0 Å². The van der Waals surface area contributed by atoms with E-state index in [1.165, 1.54) is 13.8 Å². The van der Waals surface area contributed by atoms with Crippen molar-refractivity contribution in [2.75, 3.05) is 0 Å². The van der Waals surface area contributed by atoms with Crippen molar-refractivity contribution >= 4 is 17.7 Å². The zero-order chi connectivity index (χ0) is 18.8. The number of ether oxygens (including phenoxy) is 3. The molecule has 0 radical (unpaired) electrons. The second-order valence-electron chi connectivity index (χ2n) is 6.13. The van der Waals surface area contributed by atoms with Crippen LogP contribution in [0.25, 0.3) is 0 Å². The Bertz CT molecular complexity index is 882. The average molecular weight is 354 g/mol. The van der Waals surface area contributed by atoms with E-state index < -0.39 is 18.0 Å². The zero-order valence-corrected chi connectivity index (χ0v) is 14.7. The Balaban J connectivity index is 1.90. The molecular formula is C20H18O6. The second kappa shape index (κ2) is 7.00. The highest BCUT2D eigenvalue weighted by Crippen LogP contribution is 2.40. The highest BCUT2D eigenvalue weighted by molar-refractivity contribution is 6.03. The van der Waals surface area contributed by atoms with E-state index in [0.29, 0.717) is 17.1 Å². The van der Waals surface area contributed by atoms with E-state index in [1.807, 2.05) is 6.92 Å². The van der Waals surface area contributed by atoms with Crippen LogP contribution in [0.4, 0.5) is 0 Å². The number of hydrogen-bond acceptors (Lipinski definition) is 6. The van der Waals surface area contributed by atoms with Crippen molar-refractivity contribution in [3.8, 4) is 17.2 Å². The monoisotopic (exact) mass is 354 g/mol. The molecule has 3 rings (SSSR count). The SMILES string of the molecule is CC(=O)Oc1ccc(C2CC(=O)c3c(OC(C)=O)cc(C)cc3O2)cc1. The molecule has 1 unspecified atom stereocenters. The van der Waals surface area contributed by atoms with Gasteiger partial charge in [0, 0.05) is 13.8 Å². The third-order valence-corrected chi connectivity index (χ3v) is 3.90. The topological polar surface area (TPSA) is 78.9 Å². The highest BCUT2D eigenvalue weighted by atomic mass is 16.5. The van der Waals surface area contributed by atoms with Crippen LogP contribution in [0.15, 0.2) is 36.4 Å². The minimum Gasteiger partial charge on any atom is -0.484 e. The highest BCUT2D eigenvalue weighted by Gasteiger charge is 2.31. The molecule has 0 bridgehead atoms. The summed E-state index contributed by atoms with van der Waals surface area (Å²) in [4.78, 5) is 34.9. The third kappa shape index (κ3) is 3.74. The Hall–Kier alpha value is -3.15. The van der Waals surface area contributed by atoms with Crippen LogP contribution in [-0.4, -0.2) is 17.7 Å². The van der Waals surface area contributed by atoms with Gasteiger partial charge in [-0.05, 0) is 42.3 Å². The van der Waals surface area contributed by atoms with Gasteiger partial charge in [0.1, 0.15) is 28.9 Å². The normalized spacial score (nSPS) is 15.7. The number of benzene rings is 2. The van der Waals surface area contributed by atoms with E-state index in [4.69, 9.17) is 14.2 Å². The summed E-state index contributed by atoms with van der Waals surface area (Å²) < 4.78 is 16.2. The van der Waals surface area contributed by atoms with Crippen LogP contribution in [0.3, 0.4) is 0 Å². The van der Waals surface area contributed by atoms with Gasteiger partial charge in [-0.25, -0.2) is 0 Å². The summed E-state index contributed by atoms with van der Waals surface area (Å²) in [6.45, 7) is 4.45. The summed E-state index contributed by atoms with van der Waals surface area (Å²) >= 11 is 0. The predicted octanol–water partition coefficient (Wildman–Crippen LogP) is 3.55. The van der Waals surface area contributed by atoms with Gasteiger partial charge in [0.05, 0.1) is 6.42 Å². The summed E-state index contributed by atoms with van der Waals surface area (Å²) in [5.74, 6) is -0.000845. The van der Waals surface area contributed by atoms with Crippen LogP contribution < -0.4 is 14.2 Å². The Morgan fingerprint density at radius 3 is 2.31 bits per heavy atom. The fourth-order valence-electron chi connectivity index (χ4n) is 2.89. The maximum Gasteiger partial charge on any atom is 0.308 e. The smallest absolute Gasteiger partial charge is 0.308 e. The molecule has 1 aliphatic heterocycles. The Morgan fingerprint density at radius 1 is 1.04 bits per heavy atom. The van der Waals surface area contributed by atoms with Crippen molar-refractivity contribution in [2.45, 2.75) is 33.3 Å². The van der Waals surface area contributed by atoms with Crippen LogP contribution in [0, 0.1) is 6.92 Å². The van der Waals surface area contributed by atoms with Gasteiger partial charge >= 0.3 is 11.9 Å². The fraction of sp³-hybridized carbons (Fsp3) is 0.250. The lowest BCUT2D eigenvalue weighted by atomic mass is 9.94. The first-order valence-electron chi connectivity index (χ1n) is 8.15. The van der Waals surface area contributed by atoms with Crippen molar-refractivity contribution in [3.05, 3.63) is 53.1 Å². The van der Waals surface area contributed by atoms with Gasteiger partial charge < -0.3 is 14.2 Å². The van der Waals surface area contributed by atoms with Gasteiger partial charge in [-0.3, -0.25) is 14.4 Å². The van der Waals surface area contributed by atoms with Crippen molar-refractivity contribution in [3.63, 3.8) is 0 Å². The van der Waals surface area contributed by atoms with Crippen LogP contribution in [0.5, 0.6) is 17.2 Å². The van der Waals surface area contributed by atoms with Crippen LogP contribution in [-0.2, 0) is 9.59 Å². The minimum atomic E-state index is -0.492. The zero-order valence-electron chi connectivity index (χ0n) is 14.7. The first-order valence-corrected chi connectivity index (χ1v) is 8.15. The number of esters is 2. The second-order valence-corrected chi connectivity index (χ2v) is 6.13. The third-order valence-electron chi connectivity index (χ3n) is 3.90. The number of Topliss-reactive ketones (excluding diaryl/α,β-unsaturated/α-hetero) is 1. The molecule has 0 aromatic heterocycles. The van der Waals surface area contributed by atoms with Crippen molar-refractivity contribution in [1.82, 2.24) is 0 Å². The molecule has 0 aliphatic carbocycles. The molecule has 0 spiro atoms. The molecule has 1 aliphatic rings. The molecule has 6 heteroatoms. The summed E-state index contributed by atoms with van der Waals surface area (Å²) in [5.41, 5.74) is 1.90. The summed E-state index contributed by atoms with van der Waals surface area (Å²) in [6.07, 6.45) is -0.342. The molecule has 134 valence electrons. The maximum absolute atomic E-state index is 12.7.